The molecule has 3 N–H and O–H groups in total. The van der Waals surface area contributed by atoms with Gasteiger partial charge in [0.05, 0.1) is 17.3 Å². The molecule has 0 atom stereocenters. The Hall–Kier alpha value is -2.84. The molecule has 0 saturated heterocycles. The van der Waals surface area contributed by atoms with Gasteiger partial charge in [-0.25, -0.2) is 4.98 Å². The molecule has 0 radical (unpaired) electrons. The summed E-state index contributed by atoms with van der Waals surface area (Å²) in [4.78, 5) is 4.54. The predicted octanol–water partition coefficient (Wildman–Crippen LogP) is 4.01. The van der Waals surface area contributed by atoms with E-state index >= 15 is 0 Å². The van der Waals surface area contributed by atoms with Gasteiger partial charge in [0.2, 0.25) is 0 Å². The maximum atomic E-state index is 8.90. The first-order chi connectivity index (χ1) is 10.2. The van der Waals surface area contributed by atoms with Crippen molar-refractivity contribution >= 4 is 27.8 Å². The van der Waals surface area contributed by atoms with E-state index < -0.39 is 0 Å². The van der Waals surface area contributed by atoms with Crippen molar-refractivity contribution in [3.63, 3.8) is 0 Å². The van der Waals surface area contributed by atoms with Crippen LogP contribution in [0, 0.1) is 11.3 Å². The molecule has 0 bridgehead atoms. The van der Waals surface area contributed by atoms with E-state index in [1.165, 1.54) is 11.3 Å². The third-order valence-electron chi connectivity index (χ3n) is 2.95. The molecule has 21 heavy (non-hydrogen) atoms. The van der Waals surface area contributed by atoms with Crippen molar-refractivity contribution in [1.82, 2.24) is 4.98 Å². The lowest BCUT2D eigenvalue weighted by molar-refractivity contribution is 1.38. The molecule has 4 nitrogen and oxygen atoms in total. The summed E-state index contributed by atoms with van der Waals surface area (Å²) in [5.41, 5.74) is 9.82. The molecule has 0 aliphatic carbocycles. The number of thiazole rings is 1. The van der Waals surface area contributed by atoms with E-state index in [4.69, 9.17) is 11.0 Å². The second-order valence-corrected chi connectivity index (χ2v) is 5.34. The third kappa shape index (κ3) is 3.02. The van der Waals surface area contributed by atoms with Crippen LogP contribution in [0.1, 0.15) is 5.56 Å². The van der Waals surface area contributed by atoms with Gasteiger partial charge in [-0.1, -0.05) is 18.2 Å². The summed E-state index contributed by atoms with van der Waals surface area (Å²) >= 11 is 1.52. The molecule has 0 saturated carbocycles. The number of nitrogen functional groups attached to an aromatic ring is 1. The Kier molecular flexibility index (Phi) is 3.54. The minimum atomic E-state index is 0.621. The Labute approximate surface area is 126 Å². The highest BCUT2D eigenvalue weighted by atomic mass is 32.1. The Morgan fingerprint density at radius 1 is 1.14 bits per heavy atom. The summed E-state index contributed by atoms with van der Waals surface area (Å²) in [5.74, 6) is 0. The Morgan fingerprint density at radius 2 is 1.95 bits per heavy atom. The molecule has 0 fully saturated rings. The Bertz CT molecular complexity index is 800. The van der Waals surface area contributed by atoms with Gasteiger partial charge in [-0.05, 0) is 30.3 Å². The van der Waals surface area contributed by atoms with Gasteiger partial charge in [0.1, 0.15) is 0 Å². The molecule has 3 rings (SSSR count). The van der Waals surface area contributed by atoms with Gasteiger partial charge >= 0.3 is 0 Å². The molecule has 0 aliphatic rings. The van der Waals surface area contributed by atoms with Gasteiger partial charge in [0.25, 0.3) is 0 Å². The molecule has 0 unspecified atom stereocenters. The lowest BCUT2D eigenvalue weighted by Gasteiger charge is -2.02. The number of hydrogen-bond donors (Lipinski definition) is 2. The van der Waals surface area contributed by atoms with E-state index in [9.17, 15) is 0 Å². The summed E-state index contributed by atoms with van der Waals surface area (Å²) in [6, 6.07) is 17.1. The molecule has 2 aromatic carbocycles. The average molecular weight is 292 g/mol. The fourth-order valence-electron chi connectivity index (χ4n) is 1.91. The van der Waals surface area contributed by atoms with Crippen LogP contribution >= 0.6 is 11.3 Å². The van der Waals surface area contributed by atoms with Crippen LogP contribution in [0.15, 0.2) is 53.9 Å². The summed E-state index contributed by atoms with van der Waals surface area (Å²) in [5, 5.41) is 14.9. The molecule has 0 amide bonds. The molecular weight excluding hydrogens is 280 g/mol. The first-order valence-electron chi connectivity index (χ1n) is 6.33. The van der Waals surface area contributed by atoms with Crippen LogP contribution in [0.5, 0.6) is 0 Å². The molecule has 0 aliphatic heterocycles. The number of nitrogens with zero attached hydrogens (tertiary/aromatic N) is 2. The Balaban J connectivity index is 1.82. The van der Waals surface area contributed by atoms with Gasteiger partial charge in [-0.3, -0.25) is 0 Å². The van der Waals surface area contributed by atoms with Crippen molar-refractivity contribution in [2.24, 2.45) is 0 Å². The van der Waals surface area contributed by atoms with E-state index in [1.807, 2.05) is 41.8 Å². The number of nitrogens with one attached hydrogen (secondary N) is 1. The molecule has 1 aromatic heterocycles. The summed E-state index contributed by atoms with van der Waals surface area (Å²) in [6.45, 7) is 0. The zero-order valence-corrected chi connectivity index (χ0v) is 11.9. The van der Waals surface area contributed by atoms with Crippen LogP contribution in [-0.2, 0) is 0 Å². The molecule has 3 aromatic rings. The lowest BCUT2D eigenvalue weighted by atomic mass is 10.1. The summed E-state index contributed by atoms with van der Waals surface area (Å²) in [6.07, 6.45) is 0. The van der Waals surface area contributed by atoms with E-state index in [0.29, 0.717) is 5.56 Å². The van der Waals surface area contributed by atoms with Crippen molar-refractivity contribution in [3.05, 3.63) is 59.5 Å². The minimum absolute atomic E-state index is 0.621. The first-order valence-corrected chi connectivity index (χ1v) is 7.21. The summed E-state index contributed by atoms with van der Waals surface area (Å²) in [7, 11) is 0. The highest BCUT2D eigenvalue weighted by Gasteiger charge is 2.05. The number of aromatic nitrogens is 1. The van der Waals surface area contributed by atoms with E-state index in [2.05, 4.69) is 16.4 Å². The van der Waals surface area contributed by atoms with Gasteiger partial charge < -0.3 is 11.1 Å². The SMILES string of the molecule is N#Cc1cccc(Nc2nc(-c3ccc(N)cc3)cs2)c1. The van der Waals surface area contributed by atoms with Crippen LogP contribution < -0.4 is 11.1 Å². The second-order valence-electron chi connectivity index (χ2n) is 4.48. The fourth-order valence-corrected chi connectivity index (χ4v) is 2.65. The van der Waals surface area contributed by atoms with Crippen LogP contribution in [0.25, 0.3) is 11.3 Å². The van der Waals surface area contributed by atoms with Crippen molar-refractivity contribution in [2.45, 2.75) is 0 Å². The maximum absolute atomic E-state index is 8.90. The highest BCUT2D eigenvalue weighted by Crippen LogP contribution is 2.27. The molecule has 5 heteroatoms. The number of nitrogens with two attached hydrogens (primary N) is 1. The largest absolute Gasteiger partial charge is 0.399 e. The van der Waals surface area contributed by atoms with Crippen molar-refractivity contribution < 1.29 is 0 Å². The summed E-state index contributed by atoms with van der Waals surface area (Å²) < 4.78 is 0. The van der Waals surface area contributed by atoms with Crippen molar-refractivity contribution in [1.29, 1.82) is 5.26 Å². The van der Waals surface area contributed by atoms with E-state index in [0.717, 1.165) is 27.8 Å². The standard InChI is InChI=1S/C16H12N4S/c17-9-11-2-1-3-14(8-11)19-16-20-15(10-21-16)12-4-6-13(18)7-5-12/h1-8,10H,18H2,(H,19,20). The van der Waals surface area contributed by atoms with Crippen LogP contribution in [0.4, 0.5) is 16.5 Å². The minimum Gasteiger partial charge on any atom is -0.399 e. The van der Waals surface area contributed by atoms with E-state index in [-0.39, 0.29) is 0 Å². The monoisotopic (exact) mass is 292 g/mol. The number of benzene rings is 2. The molecule has 102 valence electrons. The topological polar surface area (TPSA) is 74.7 Å². The van der Waals surface area contributed by atoms with E-state index in [1.54, 1.807) is 12.1 Å². The van der Waals surface area contributed by atoms with Gasteiger partial charge in [-0.2, -0.15) is 5.26 Å². The Morgan fingerprint density at radius 3 is 2.71 bits per heavy atom. The third-order valence-corrected chi connectivity index (χ3v) is 3.71. The van der Waals surface area contributed by atoms with Crippen LogP contribution in [0.3, 0.4) is 0 Å². The fraction of sp³-hybridized carbons (Fsp3) is 0. The normalized spacial score (nSPS) is 10.0. The molecule has 1 heterocycles. The van der Waals surface area contributed by atoms with Gasteiger partial charge in [-0.15, -0.1) is 11.3 Å². The lowest BCUT2D eigenvalue weighted by Crippen LogP contribution is -1.90. The number of nitriles is 1. The number of hydrogen-bond acceptors (Lipinski definition) is 5. The predicted molar refractivity (Wildman–Crippen MR) is 86.4 cm³/mol. The first kappa shape index (κ1) is 13.2. The average Bonchev–Trinajstić information content (AvgIpc) is 2.96. The zero-order valence-electron chi connectivity index (χ0n) is 11.1. The van der Waals surface area contributed by atoms with Gasteiger partial charge in [0.15, 0.2) is 5.13 Å². The number of anilines is 3. The van der Waals surface area contributed by atoms with Gasteiger partial charge in [0, 0.05) is 22.3 Å². The molecular formula is C16H12N4S. The zero-order chi connectivity index (χ0) is 14.7. The number of rotatable bonds is 3. The molecule has 0 spiro atoms. The van der Waals surface area contributed by atoms with Crippen molar-refractivity contribution in [2.75, 3.05) is 11.1 Å². The maximum Gasteiger partial charge on any atom is 0.187 e. The van der Waals surface area contributed by atoms with Crippen LogP contribution in [0.2, 0.25) is 0 Å². The quantitative estimate of drug-likeness (QED) is 0.715. The smallest absolute Gasteiger partial charge is 0.187 e. The van der Waals surface area contributed by atoms with Crippen molar-refractivity contribution in [3.8, 4) is 17.3 Å². The second kappa shape index (κ2) is 5.65. The van der Waals surface area contributed by atoms with Crippen LogP contribution in [-0.4, -0.2) is 4.98 Å². The highest BCUT2D eigenvalue weighted by molar-refractivity contribution is 7.14.